The summed E-state index contributed by atoms with van der Waals surface area (Å²) in [5, 5.41) is 11.5. The molecule has 1 N–H and O–H groups in total. The van der Waals surface area contributed by atoms with E-state index in [0.29, 0.717) is 30.2 Å². The summed E-state index contributed by atoms with van der Waals surface area (Å²) in [4.78, 5) is 29.7. The van der Waals surface area contributed by atoms with Crippen molar-refractivity contribution in [3.8, 4) is 11.5 Å². The SMILES string of the molecule is Cc1ccccc1[C@@H](C(=O)NC[C@@H]1CCCO1)N(Cc1ccc2c(c1)OCO2)C(=O)Cn1nnc2ccccc21. The molecule has 1 saturated heterocycles. The number of aryl methyl sites for hydroxylation is 1. The molecule has 2 amide bonds. The van der Waals surface area contributed by atoms with E-state index in [1.807, 2.05) is 73.7 Å². The Bertz CT molecular complexity index is 1530. The molecule has 0 radical (unpaired) electrons. The van der Waals surface area contributed by atoms with E-state index in [1.165, 1.54) is 0 Å². The van der Waals surface area contributed by atoms with E-state index in [0.717, 1.165) is 35.0 Å². The number of carbonyl (C=O) groups is 2. The number of fused-ring (bicyclic) bond motifs is 2. The van der Waals surface area contributed by atoms with Crippen molar-refractivity contribution in [1.29, 1.82) is 0 Å². The van der Waals surface area contributed by atoms with Crippen molar-refractivity contribution in [3.05, 3.63) is 83.4 Å². The highest BCUT2D eigenvalue weighted by Gasteiger charge is 2.34. The molecule has 2 aliphatic rings. The molecular weight excluding hydrogens is 510 g/mol. The van der Waals surface area contributed by atoms with Gasteiger partial charge in [-0.1, -0.05) is 47.7 Å². The molecular formula is C30H31N5O5. The highest BCUT2D eigenvalue weighted by atomic mass is 16.7. The quantitative estimate of drug-likeness (QED) is 0.345. The van der Waals surface area contributed by atoms with Gasteiger partial charge in [-0.25, -0.2) is 4.68 Å². The van der Waals surface area contributed by atoms with Crippen LogP contribution in [0.3, 0.4) is 0 Å². The Morgan fingerprint density at radius 2 is 1.90 bits per heavy atom. The van der Waals surface area contributed by atoms with Gasteiger partial charge in [0.05, 0.1) is 11.6 Å². The van der Waals surface area contributed by atoms with Crippen LogP contribution in [0.15, 0.2) is 66.7 Å². The van der Waals surface area contributed by atoms with E-state index in [4.69, 9.17) is 14.2 Å². The number of benzene rings is 3. The van der Waals surface area contributed by atoms with Gasteiger partial charge in [-0.05, 0) is 60.7 Å². The zero-order valence-electron chi connectivity index (χ0n) is 22.3. The van der Waals surface area contributed by atoms with Crippen molar-refractivity contribution in [2.75, 3.05) is 19.9 Å². The monoisotopic (exact) mass is 541 g/mol. The second kappa shape index (κ2) is 11.4. The third-order valence-corrected chi connectivity index (χ3v) is 7.39. The average molecular weight is 542 g/mol. The minimum absolute atomic E-state index is 0.0269. The summed E-state index contributed by atoms with van der Waals surface area (Å²) in [5.41, 5.74) is 3.92. The molecule has 0 spiro atoms. The van der Waals surface area contributed by atoms with Gasteiger partial charge in [0.2, 0.25) is 18.6 Å². The van der Waals surface area contributed by atoms with Gasteiger partial charge < -0.3 is 24.4 Å². The molecule has 40 heavy (non-hydrogen) atoms. The van der Waals surface area contributed by atoms with Crippen molar-refractivity contribution < 1.29 is 23.8 Å². The second-order valence-corrected chi connectivity index (χ2v) is 10.1. The molecule has 10 heteroatoms. The normalized spacial score (nSPS) is 16.7. The van der Waals surface area contributed by atoms with Gasteiger partial charge >= 0.3 is 0 Å². The van der Waals surface area contributed by atoms with Crippen molar-refractivity contribution in [2.45, 2.75) is 45.0 Å². The number of hydrogen-bond donors (Lipinski definition) is 1. The molecule has 0 bridgehead atoms. The molecule has 2 atom stereocenters. The van der Waals surface area contributed by atoms with Crippen molar-refractivity contribution in [1.82, 2.24) is 25.2 Å². The lowest BCUT2D eigenvalue weighted by Gasteiger charge is -2.32. The molecule has 3 aromatic carbocycles. The lowest BCUT2D eigenvalue weighted by molar-refractivity contribution is -0.142. The fraction of sp³-hybridized carbons (Fsp3) is 0.333. The van der Waals surface area contributed by atoms with Gasteiger partial charge in [-0.15, -0.1) is 5.10 Å². The second-order valence-electron chi connectivity index (χ2n) is 10.1. The molecule has 0 saturated carbocycles. The summed E-state index contributed by atoms with van der Waals surface area (Å²) in [5.74, 6) is 0.735. The fourth-order valence-electron chi connectivity index (χ4n) is 5.27. The van der Waals surface area contributed by atoms with E-state index < -0.39 is 6.04 Å². The summed E-state index contributed by atoms with van der Waals surface area (Å²) in [6, 6.07) is 19.8. The summed E-state index contributed by atoms with van der Waals surface area (Å²) < 4.78 is 18.4. The summed E-state index contributed by atoms with van der Waals surface area (Å²) in [6.07, 6.45) is 1.85. The Morgan fingerprint density at radius 1 is 1.07 bits per heavy atom. The topological polar surface area (TPSA) is 108 Å². The van der Waals surface area contributed by atoms with Crippen LogP contribution in [0.1, 0.15) is 35.6 Å². The average Bonchev–Trinajstić information content (AvgIpc) is 3.74. The number of ether oxygens (including phenoxy) is 3. The van der Waals surface area contributed by atoms with Gasteiger partial charge in [0.25, 0.3) is 0 Å². The number of nitrogens with one attached hydrogen (secondary N) is 1. The van der Waals surface area contributed by atoms with Gasteiger partial charge in [0.15, 0.2) is 11.5 Å². The summed E-state index contributed by atoms with van der Waals surface area (Å²) in [6.45, 7) is 3.28. The molecule has 206 valence electrons. The van der Waals surface area contributed by atoms with Crippen molar-refractivity contribution >= 4 is 22.8 Å². The van der Waals surface area contributed by atoms with Crippen LogP contribution in [0.2, 0.25) is 0 Å². The zero-order valence-corrected chi connectivity index (χ0v) is 22.3. The lowest BCUT2D eigenvalue weighted by atomic mass is 9.98. The number of nitrogens with zero attached hydrogens (tertiary/aromatic N) is 4. The first kappa shape index (κ1) is 25.8. The Hall–Kier alpha value is -4.44. The maximum atomic E-state index is 14.2. The first-order chi connectivity index (χ1) is 19.6. The van der Waals surface area contributed by atoms with Crippen molar-refractivity contribution in [3.63, 3.8) is 0 Å². The van der Waals surface area contributed by atoms with E-state index in [9.17, 15) is 9.59 Å². The molecule has 6 rings (SSSR count). The molecule has 0 unspecified atom stereocenters. The number of amides is 2. The fourth-order valence-corrected chi connectivity index (χ4v) is 5.27. The Morgan fingerprint density at radius 3 is 2.75 bits per heavy atom. The van der Waals surface area contributed by atoms with Crippen LogP contribution in [0, 0.1) is 6.92 Å². The molecule has 4 aromatic rings. The first-order valence-electron chi connectivity index (χ1n) is 13.5. The minimum atomic E-state index is -0.879. The zero-order chi connectivity index (χ0) is 27.5. The van der Waals surface area contributed by atoms with E-state index in [2.05, 4.69) is 15.6 Å². The molecule has 2 aliphatic heterocycles. The Labute approximate surface area is 231 Å². The highest BCUT2D eigenvalue weighted by molar-refractivity contribution is 5.89. The first-order valence-corrected chi connectivity index (χ1v) is 13.5. The van der Waals surface area contributed by atoms with Gasteiger partial charge in [0.1, 0.15) is 18.1 Å². The van der Waals surface area contributed by atoms with E-state index in [1.54, 1.807) is 9.58 Å². The van der Waals surface area contributed by atoms with E-state index in [-0.39, 0.29) is 37.8 Å². The molecule has 0 aliphatic carbocycles. The Kier molecular flexibility index (Phi) is 7.33. The van der Waals surface area contributed by atoms with Gasteiger partial charge in [0, 0.05) is 19.7 Å². The number of aromatic nitrogens is 3. The van der Waals surface area contributed by atoms with E-state index >= 15 is 0 Å². The predicted molar refractivity (Wildman–Crippen MR) is 147 cm³/mol. The highest BCUT2D eigenvalue weighted by Crippen LogP contribution is 2.34. The van der Waals surface area contributed by atoms with Crippen LogP contribution < -0.4 is 14.8 Å². The number of hydrogen-bond acceptors (Lipinski definition) is 7. The summed E-state index contributed by atoms with van der Waals surface area (Å²) in [7, 11) is 0. The third-order valence-electron chi connectivity index (χ3n) is 7.39. The van der Waals surface area contributed by atoms with Crippen LogP contribution in [0.25, 0.3) is 11.0 Å². The van der Waals surface area contributed by atoms with Crippen LogP contribution in [0.5, 0.6) is 11.5 Å². The molecule has 10 nitrogen and oxygen atoms in total. The molecule has 1 aromatic heterocycles. The third kappa shape index (κ3) is 5.35. The summed E-state index contributed by atoms with van der Waals surface area (Å²) >= 11 is 0. The number of rotatable bonds is 9. The van der Waals surface area contributed by atoms with Crippen LogP contribution in [0.4, 0.5) is 0 Å². The number of carbonyl (C=O) groups excluding carboxylic acids is 2. The maximum absolute atomic E-state index is 14.2. The molecule has 3 heterocycles. The van der Waals surface area contributed by atoms with Gasteiger partial charge in [-0.3, -0.25) is 9.59 Å². The van der Waals surface area contributed by atoms with Crippen LogP contribution in [-0.4, -0.2) is 57.8 Å². The van der Waals surface area contributed by atoms with Crippen LogP contribution in [-0.2, 0) is 27.4 Å². The number of para-hydroxylation sites is 1. The Balaban J connectivity index is 1.36. The minimum Gasteiger partial charge on any atom is -0.454 e. The van der Waals surface area contributed by atoms with Crippen molar-refractivity contribution in [2.24, 2.45) is 0 Å². The maximum Gasteiger partial charge on any atom is 0.247 e. The largest absolute Gasteiger partial charge is 0.454 e. The molecule has 1 fully saturated rings. The smallest absolute Gasteiger partial charge is 0.247 e. The lowest BCUT2D eigenvalue weighted by Crippen LogP contribution is -2.46. The predicted octanol–water partition coefficient (Wildman–Crippen LogP) is 3.53. The van der Waals surface area contributed by atoms with Crippen LogP contribution >= 0.6 is 0 Å². The van der Waals surface area contributed by atoms with Gasteiger partial charge in [-0.2, -0.15) is 0 Å². The standard InChI is InChI=1S/C30H31N5O5/c1-20-7-2-3-9-23(20)29(30(37)31-16-22-8-6-14-38-22)34(17-21-12-13-26-27(15-21)40-19-39-26)28(36)18-35-25-11-5-4-10-24(25)32-33-35/h2-5,7,9-13,15,22,29H,6,8,14,16-19H2,1H3,(H,31,37)/t22-,29-/m0/s1.